The Bertz CT molecular complexity index is 843. The molecule has 0 aliphatic heterocycles. The number of pyridine rings is 1. The van der Waals surface area contributed by atoms with E-state index in [1.54, 1.807) is 23.9 Å². The van der Waals surface area contributed by atoms with Crippen molar-refractivity contribution in [1.29, 1.82) is 0 Å². The predicted octanol–water partition coefficient (Wildman–Crippen LogP) is 2.33. The molecule has 3 heterocycles. The monoisotopic (exact) mass is 349 g/mol. The van der Waals surface area contributed by atoms with Crippen LogP contribution >= 0.6 is 23.1 Å². The fourth-order valence-electron chi connectivity index (χ4n) is 1.98. The molecule has 0 atom stereocenters. The molecule has 0 spiro atoms. The maximum Gasteiger partial charge on any atom is 0.341 e. The minimum atomic E-state index is -0.389. The van der Waals surface area contributed by atoms with Crippen molar-refractivity contribution in [3.63, 3.8) is 0 Å². The molecular weight excluding hydrogens is 334 g/mol. The van der Waals surface area contributed by atoms with E-state index in [0.29, 0.717) is 17.0 Å². The van der Waals surface area contributed by atoms with Crippen molar-refractivity contribution in [2.45, 2.75) is 10.1 Å². The Hall–Kier alpha value is -2.13. The van der Waals surface area contributed by atoms with Crippen LogP contribution in [0.1, 0.15) is 16.1 Å². The Morgan fingerprint density at radius 1 is 1.43 bits per heavy atom. The summed E-state index contributed by atoms with van der Waals surface area (Å²) in [6.07, 6.45) is 3.76. The molecule has 0 radical (unpaired) electrons. The number of nitrogens with zero attached hydrogens (tertiary/aromatic N) is 5. The van der Waals surface area contributed by atoms with Gasteiger partial charge < -0.3 is 14.0 Å². The van der Waals surface area contributed by atoms with Crippen molar-refractivity contribution in [3.8, 4) is 0 Å². The third kappa shape index (κ3) is 3.30. The number of aromatic nitrogens is 4. The van der Waals surface area contributed by atoms with Crippen LogP contribution in [0, 0.1) is 0 Å². The van der Waals surface area contributed by atoms with E-state index < -0.39 is 0 Å². The van der Waals surface area contributed by atoms with Crippen LogP contribution in [0.2, 0.25) is 0 Å². The Labute approximate surface area is 141 Å². The van der Waals surface area contributed by atoms with Crippen molar-refractivity contribution in [1.82, 2.24) is 19.6 Å². The Kier molecular flexibility index (Phi) is 4.49. The van der Waals surface area contributed by atoms with Gasteiger partial charge in [-0.3, -0.25) is 0 Å². The van der Waals surface area contributed by atoms with Crippen LogP contribution in [0.15, 0.2) is 28.9 Å². The summed E-state index contributed by atoms with van der Waals surface area (Å²) in [4.78, 5) is 18.2. The van der Waals surface area contributed by atoms with E-state index in [2.05, 4.69) is 15.2 Å². The molecule has 0 fully saturated rings. The van der Waals surface area contributed by atoms with Gasteiger partial charge in [0.15, 0.2) is 9.99 Å². The summed E-state index contributed by atoms with van der Waals surface area (Å²) < 4.78 is 7.50. The van der Waals surface area contributed by atoms with Gasteiger partial charge >= 0.3 is 5.97 Å². The molecule has 23 heavy (non-hydrogen) atoms. The number of hydrogen-bond acceptors (Lipinski definition) is 8. The molecule has 3 aromatic heterocycles. The van der Waals surface area contributed by atoms with Crippen LogP contribution < -0.4 is 4.90 Å². The summed E-state index contributed by atoms with van der Waals surface area (Å²) in [6, 6.07) is 3.51. The molecule has 0 unspecified atom stereocenters. The number of anilines is 1. The molecule has 0 saturated carbocycles. The smallest absolute Gasteiger partial charge is 0.341 e. The molecule has 0 amide bonds. The molecule has 0 N–H and O–H groups in total. The zero-order valence-corrected chi connectivity index (χ0v) is 14.5. The van der Waals surface area contributed by atoms with Gasteiger partial charge in [-0.25, -0.2) is 9.78 Å². The number of imidazole rings is 1. The lowest BCUT2D eigenvalue weighted by atomic mass is 10.3. The van der Waals surface area contributed by atoms with Crippen LogP contribution in [-0.2, 0) is 10.5 Å². The lowest BCUT2D eigenvalue weighted by molar-refractivity contribution is 0.0602. The highest BCUT2D eigenvalue weighted by molar-refractivity contribution is 8.00. The average Bonchev–Trinajstić information content (AvgIpc) is 3.18. The molecular formula is C14H15N5O2S2. The fraction of sp³-hybridized carbons (Fsp3) is 0.286. The molecule has 0 aliphatic rings. The fourth-order valence-corrected chi connectivity index (χ4v) is 3.63. The number of thioether (sulfide) groups is 1. The summed E-state index contributed by atoms with van der Waals surface area (Å²) in [5.74, 6) is 0.268. The van der Waals surface area contributed by atoms with E-state index in [0.717, 1.165) is 15.2 Å². The molecule has 120 valence electrons. The van der Waals surface area contributed by atoms with Crippen molar-refractivity contribution >= 4 is 39.8 Å². The summed E-state index contributed by atoms with van der Waals surface area (Å²) >= 11 is 3.11. The van der Waals surface area contributed by atoms with Gasteiger partial charge in [-0.2, -0.15) is 0 Å². The second kappa shape index (κ2) is 6.55. The first-order valence-corrected chi connectivity index (χ1v) is 8.57. The van der Waals surface area contributed by atoms with Crippen LogP contribution in [0.25, 0.3) is 5.65 Å². The van der Waals surface area contributed by atoms with Gasteiger partial charge in [0.2, 0.25) is 5.13 Å². The predicted molar refractivity (Wildman–Crippen MR) is 90.3 cm³/mol. The van der Waals surface area contributed by atoms with Gasteiger partial charge in [-0.15, -0.1) is 10.2 Å². The molecule has 3 aromatic rings. The highest BCUT2D eigenvalue weighted by atomic mass is 32.2. The summed E-state index contributed by atoms with van der Waals surface area (Å²) in [5.41, 5.74) is 1.92. The Balaban J connectivity index is 1.79. The maximum atomic E-state index is 11.8. The molecule has 9 heteroatoms. The number of rotatable bonds is 5. The van der Waals surface area contributed by atoms with E-state index in [1.807, 2.05) is 35.8 Å². The first-order valence-electron chi connectivity index (χ1n) is 6.77. The normalized spacial score (nSPS) is 10.9. The lowest BCUT2D eigenvalue weighted by Crippen LogP contribution is -2.07. The molecule has 0 bridgehead atoms. The number of methoxy groups -OCH3 is 1. The van der Waals surface area contributed by atoms with Crippen LogP contribution in [0.5, 0.6) is 0 Å². The van der Waals surface area contributed by atoms with Crippen molar-refractivity contribution in [3.05, 3.63) is 35.8 Å². The maximum absolute atomic E-state index is 11.8. The summed E-state index contributed by atoms with van der Waals surface area (Å²) in [5, 5.41) is 9.12. The van der Waals surface area contributed by atoms with Crippen molar-refractivity contribution in [2.24, 2.45) is 0 Å². The highest BCUT2D eigenvalue weighted by Crippen LogP contribution is 2.29. The second-order valence-corrected chi connectivity index (χ2v) is 7.09. The van der Waals surface area contributed by atoms with Crippen LogP contribution in [0.3, 0.4) is 0 Å². The molecule has 3 rings (SSSR count). The molecule has 7 nitrogen and oxygen atoms in total. The molecule has 0 saturated heterocycles. The standard InChI is InChI=1S/C14H15N5O2S2/c1-18(2)13-16-17-14(23-13)22-8-9-7-19-6-4-5-10(11(19)15-9)12(20)21-3/h4-7H,8H2,1-3H3. The average molecular weight is 349 g/mol. The lowest BCUT2D eigenvalue weighted by Gasteiger charge is -2.03. The first kappa shape index (κ1) is 15.8. The number of hydrogen-bond donors (Lipinski definition) is 0. The van der Waals surface area contributed by atoms with E-state index >= 15 is 0 Å². The summed E-state index contributed by atoms with van der Waals surface area (Å²) in [6.45, 7) is 0. The van der Waals surface area contributed by atoms with E-state index in [9.17, 15) is 4.79 Å². The quantitative estimate of drug-likeness (QED) is 0.517. The Morgan fingerprint density at radius 2 is 2.26 bits per heavy atom. The zero-order chi connectivity index (χ0) is 16.4. The number of ether oxygens (including phenoxy) is 1. The number of fused-ring (bicyclic) bond motifs is 1. The van der Waals surface area contributed by atoms with Gasteiger partial charge in [0.1, 0.15) is 5.56 Å². The number of carbonyl (C=O) groups excluding carboxylic acids is 1. The Morgan fingerprint density at radius 3 is 2.96 bits per heavy atom. The topological polar surface area (TPSA) is 72.6 Å². The third-order valence-corrected chi connectivity index (χ3v) is 5.32. The highest BCUT2D eigenvalue weighted by Gasteiger charge is 2.14. The van der Waals surface area contributed by atoms with Crippen LogP contribution in [-0.4, -0.2) is 46.8 Å². The number of esters is 1. The van der Waals surface area contributed by atoms with E-state index in [-0.39, 0.29) is 5.97 Å². The number of carbonyl (C=O) groups is 1. The van der Waals surface area contributed by atoms with E-state index in [1.165, 1.54) is 18.4 Å². The van der Waals surface area contributed by atoms with Gasteiger partial charge in [0.25, 0.3) is 0 Å². The van der Waals surface area contributed by atoms with Gasteiger partial charge in [0.05, 0.1) is 12.8 Å². The van der Waals surface area contributed by atoms with E-state index in [4.69, 9.17) is 4.74 Å². The van der Waals surface area contributed by atoms with Crippen molar-refractivity contribution < 1.29 is 9.53 Å². The van der Waals surface area contributed by atoms with Gasteiger partial charge in [0, 0.05) is 32.2 Å². The summed E-state index contributed by atoms with van der Waals surface area (Å²) in [7, 11) is 5.24. The molecule has 0 aliphatic carbocycles. The minimum Gasteiger partial charge on any atom is -0.465 e. The van der Waals surface area contributed by atoms with Gasteiger partial charge in [-0.05, 0) is 12.1 Å². The SMILES string of the molecule is COC(=O)c1cccn2cc(CSc3nnc(N(C)C)s3)nc12. The zero-order valence-electron chi connectivity index (χ0n) is 12.9. The second-order valence-electron chi connectivity index (χ2n) is 4.91. The van der Waals surface area contributed by atoms with Crippen LogP contribution in [0.4, 0.5) is 5.13 Å². The minimum absolute atomic E-state index is 0.389. The molecule has 0 aromatic carbocycles. The first-order chi connectivity index (χ1) is 11.1. The largest absolute Gasteiger partial charge is 0.465 e. The van der Waals surface area contributed by atoms with Gasteiger partial charge in [-0.1, -0.05) is 23.1 Å². The van der Waals surface area contributed by atoms with Crippen molar-refractivity contribution in [2.75, 3.05) is 26.1 Å². The third-order valence-electron chi connectivity index (χ3n) is 3.06.